The lowest BCUT2D eigenvalue weighted by molar-refractivity contribution is 0.102. The van der Waals surface area contributed by atoms with E-state index < -0.39 is 0 Å². The number of fused-ring (bicyclic) bond motifs is 1. The van der Waals surface area contributed by atoms with Gasteiger partial charge in [-0.15, -0.1) is 0 Å². The van der Waals surface area contributed by atoms with Crippen molar-refractivity contribution in [2.75, 3.05) is 5.32 Å². The van der Waals surface area contributed by atoms with Crippen LogP contribution in [0.15, 0.2) is 59.7 Å². The number of rotatable bonds is 3. The van der Waals surface area contributed by atoms with Gasteiger partial charge in [0.1, 0.15) is 0 Å². The monoisotopic (exact) mass is 381 g/mol. The van der Waals surface area contributed by atoms with Crippen molar-refractivity contribution in [1.29, 1.82) is 0 Å². The molecule has 0 atom stereocenters. The zero-order valence-corrected chi connectivity index (χ0v) is 15.4. The Balaban J connectivity index is 1.59. The zero-order chi connectivity index (χ0) is 19.1. The first kappa shape index (κ1) is 17.1. The highest BCUT2D eigenvalue weighted by atomic mass is 35.5. The minimum Gasteiger partial charge on any atom is -0.322 e. The maximum Gasteiger partial charge on any atom is 0.328 e. The largest absolute Gasteiger partial charge is 0.328 e. The van der Waals surface area contributed by atoms with Crippen LogP contribution in [0.3, 0.4) is 0 Å². The van der Waals surface area contributed by atoms with Crippen LogP contribution < -0.4 is 11.0 Å². The fraction of sp³-hybridized carbons (Fsp3) is 0.105. The molecular weight excluding hydrogens is 366 g/mol. The van der Waals surface area contributed by atoms with E-state index in [1.54, 1.807) is 58.4 Å². The summed E-state index contributed by atoms with van der Waals surface area (Å²) < 4.78 is 4.72. The van der Waals surface area contributed by atoms with Crippen LogP contribution in [0.25, 0.3) is 16.7 Å². The van der Waals surface area contributed by atoms with Crippen molar-refractivity contribution in [3.8, 4) is 5.69 Å². The van der Waals surface area contributed by atoms with Gasteiger partial charge in [-0.05, 0) is 42.5 Å². The van der Waals surface area contributed by atoms with Crippen molar-refractivity contribution in [2.45, 2.75) is 0 Å². The van der Waals surface area contributed by atoms with E-state index in [9.17, 15) is 9.59 Å². The topological polar surface area (TPSA) is 73.8 Å². The van der Waals surface area contributed by atoms with E-state index in [2.05, 4.69) is 10.4 Å². The van der Waals surface area contributed by atoms with Crippen LogP contribution in [0.2, 0.25) is 5.02 Å². The van der Waals surface area contributed by atoms with E-state index in [4.69, 9.17) is 11.6 Å². The van der Waals surface area contributed by atoms with Gasteiger partial charge in [-0.25, -0.2) is 9.48 Å². The standard InChI is InChI=1S/C19H16ClN5O2/c1-23-16-8-5-14(9-17(16)24(2)19(23)27)22-18(26)12-10-21-25(11-12)15-6-3-13(20)4-7-15/h3-11H,1-2H3,(H,22,26). The number of hydrogen-bond acceptors (Lipinski definition) is 3. The van der Waals surface area contributed by atoms with E-state index in [1.165, 1.54) is 6.20 Å². The highest BCUT2D eigenvalue weighted by Crippen LogP contribution is 2.19. The Labute approximate surface area is 159 Å². The molecule has 0 spiro atoms. The maximum atomic E-state index is 12.5. The summed E-state index contributed by atoms with van der Waals surface area (Å²) in [4.78, 5) is 24.6. The number of benzene rings is 2. The van der Waals surface area contributed by atoms with Crippen molar-refractivity contribution < 1.29 is 4.79 Å². The number of amides is 1. The Hall–Kier alpha value is -3.32. The number of nitrogens with one attached hydrogen (secondary N) is 1. The summed E-state index contributed by atoms with van der Waals surface area (Å²) in [6.07, 6.45) is 3.15. The number of carbonyl (C=O) groups excluding carboxylic acids is 1. The number of aromatic nitrogens is 4. The first-order valence-electron chi connectivity index (χ1n) is 8.21. The van der Waals surface area contributed by atoms with Gasteiger partial charge in [-0.1, -0.05) is 11.6 Å². The van der Waals surface area contributed by atoms with Gasteiger partial charge in [0.25, 0.3) is 5.91 Å². The molecule has 0 aliphatic rings. The second-order valence-corrected chi connectivity index (χ2v) is 6.64. The number of aryl methyl sites for hydroxylation is 2. The second kappa shape index (κ2) is 6.44. The van der Waals surface area contributed by atoms with E-state index in [-0.39, 0.29) is 11.6 Å². The lowest BCUT2D eigenvalue weighted by Gasteiger charge is -2.05. The van der Waals surface area contributed by atoms with Crippen LogP contribution in [0.1, 0.15) is 10.4 Å². The molecule has 2 aromatic carbocycles. The Morgan fingerprint density at radius 3 is 2.48 bits per heavy atom. The summed E-state index contributed by atoms with van der Waals surface area (Å²) in [6.45, 7) is 0. The normalized spacial score (nSPS) is 11.1. The molecule has 2 heterocycles. The molecule has 2 aromatic heterocycles. The number of anilines is 1. The van der Waals surface area contributed by atoms with Crippen molar-refractivity contribution in [2.24, 2.45) is 14.1 Å². The van der Waals surface area contributed by atoms with Gasteiger partial charge < -0.3 is 5.32 Å². The average molecular weight is 382 g/mol. The van der Waals surface area contributed by atoms with Gasteiger partial charge in [-0.3, -0.25) is 13.9 Å². The van der Waals surface area contributed by atoms with E-state index >= 15 is 0 Å². The molecule has 0 aliphatic heterocycles. The Morgan fingerprint density at radius 1 is 1.04 bits per heavy atom. The highest BCUT2D eigenvalue weighted by Gasteiger charge is 2.12. The summed E-state index contributed by atoms with van der Waals surface area (Å²) in [6, 6.07) is 12.5. The van der Waals surface area contributed by atoms with Crippen LogP contribution in [-0.2, 0) is 14.1 Å². The zero-order valence-electron chi connectivity index (χ0n) is 14.7. The molecule has 1 N–H and O–H groups in total. The number of halogens is 1. The predicted octanol–water partition coefficient (Wildman–Crippen LogP) is 2.97. The molecule has 7 nitrogen and oxygen atoms in total. The molecule has 27 heavy (non-hydrogen) atoms. The number of nitrogens with zero attached hydrogens (tertiary/aromatic N) is 4. The number of imidazole rings is 1. The lowest BCUT2D eigenvalue weighted by Crippen LogP contribution is -2.19. The average Bonchev–Trinajstić information content (AvgIpc) is 3.23. The molecule has 0 bridgehead atoms. The molecule has 0 aliphatic carbocycles. The first-order chi connectivity index (χ1) is 12.9. The Morgan fingerprint density at radius 2 is 1.74 bits per heavy atom. The molecule has 4 aromatic rings. The minimum atomic E-state index is -0.282. The summed E-state index contributed by atoms with van der Waals surface area (Å²) in [5, 5.41) is 7.70. The van der Waals surface area contributed by atoms with E-state index in [0.29, 0.717) is 16.3 Å². The van der Waals surface area contributed by atoms with Crippen molar-refractivity contribution in [3.63, 3.8) is 0 Å². The van der Waals surface area contributed by atoms with Gasteiger partial charge in [0.15, 0.2) is 0 Å². The first-order valence-corrected chi connectivity index (χ1v) is 8.59. The summed E-state index contributed by atoms with van der Waals surface area (Å²) in [5.74, 6) is -0.282. The minimum absolute atomic E-state index is 0.113. The molecular formula is C19H16ClN5O2. The molecule has 136 valence electrons. The van der Waals surface area contributed by atoms with Crippen molar-refractivity contribution in [3.05, 3.63) is 75.9 Å². The van der Waals surface area contributed by atoms with E-state index in [1.807, 2.05) is 18.2 Å². The van der Waals surface area contributed by atoms with E-state index in [0.717, 1.165) is 16.7 Å². The summed E-state index contributed by atoms with van der Waals surface area (Å²) in [5.41, 5.74) is 3.27. The second-order valence-electron chi connectivity index (χ2n) is 6.21. The molecule has 0 unspecified atom stereocenters. The van der Waals surface area contributed by atoms with Gasteiger partial charge in [0, 0.05) is 31.0 Å². The summed E-state index contributed by atoms with van der Waals surface area (Å²) >= 11 is 5.89. The van der Waals surface area contributed by atoms with Gasteiger partial charge in [0.2, 0.25) is 0 Å². The number of carbonyl (C=O) groups is 1. The van der Waals surface area contributed by atoms with Crippen LogP contribution >= 0.6 is 11.6 Å². The molecule has 0 saturated heterocycles. The Bertz CT molecular complexity index is 1220. The molecule has 0 fully saturated rings. The van der Waals surface area contributed by atoms with Crippen molar-refractivity contribution >= 4 is 34.2 Å². The predicted molar refractivity (Wildman–Crippen MR) is 105 cm³/mol. The fourth-order valence-corrected chi connectivity index (χ4v) is 3.09. The Kier molecular flexibility index (Phi) is 4.08. The van der Waals surface area contributed by atoms with Gasteiger partial charge in [-0.2, -0.15) is 5.10 Å². The fourth-order valence-electron chi connectivity index (χ4n) is 2.96. The van der Waals surface area contributed by atoms with Crippen molar-refractivity contribution in [1.82, 2.24) is 18.9 Å². The van der Waals surface area contributed by atoms with Gasteiger partial charge >= 0.3 is 5.69 Å². The third kappa shape index (κ3) is 3.02. The molecule has 1 amide bonds. The molecule has 8 heteroatoms. The third-order valence-corrected chi connectivity index (χ3v) is 4.72. The number of hydrogen-bond donors (Lipinski definition) is 1. The SMILES string of the molecule is Cn1c(=O)n(C)c2cc(NC(=O)c3cnn(-c4ccc(Cl)cc4)c3)ccc21. The quantitative estimate of drug-likeness (QED) is 0.593. The summed E-state index contributed by atoms with van der Waals surface area (Å²) in [7, 11) is 3.42. The smallest absolute Gasteiger partial charge is 0.322 e. The van der Waals surface area contributed by atoms with Gasteiger partial charge in [0.05, 0.1) is 28.5 Å². The highest BCUT2D eigenvalue weighted by molar-refractivity contribution is 6.30. The van der Waals surface area contributed by atoms with Crippen LogP contribution in [0.4, 0.5) is 5.69 Å². The molecule has 4 rings (SSSR count). The maximum absolute atomic E-state index is 12.5. The molecule has 0 radical (unpaired) electrons. The van der Waals surface area contributed by atoms with Crippen LogP contribution in [0, 0.1) is 0 Å². The third-order valence-electron chi connectivity index (χ3n) is 4.47. The lowest BCUT2D eigenvalue weighted by atomic mass is 10.2. The van der Waals surface area contributed by atoms with Crippen LogP contribution in [0.5, 0.6) is 0 Å². The molecule has 0 saturated carbocycles. The van der Waals surface area contributed by atoms with Crippen LogP contribution in [-0.4, -0.2) is 24.8 Å².